The van der Waals surface area contributed by atoms with Crippen LogP contribution in [0.5, 0.6) is 5.75 Å². The number of aliphatic hydroxyl groups is 1. The van der Waals surface area contributed by atoms with Gasteiger partial charge in [0.2, 0.25) is 0 Å². The van der Waals surface area contributed by atoms with E-state index in [-0.39, 0.29) is 11.9 Å². The van der Waals surface area contributed by atoms with E-state index in [0.717, 1.165) is 59.2 Å². The third-order valence-corrected chi connectivity index (χ3v) is 8.57. The topological polar surface area (TPSA) is 76.4 Å². The Kier molecular flexibility index (Phi) is 7.25. The number of methoxy groups -OCH3 is 1. The molecule has 2 aromatic heterocycles. The van der Waals surface area contributed by atoms with Crippen LogP contribution < -0.4 is 10.1 Å². The Morgan fingerprint density at radius 3 is 2.60 bits per heavy atom. The second-order valence-electron chi connectivity index (χ2n) is 9.99. The molecule has 0 spiro atoms. The summed E-state index contributed by atoms with van der Waals surface area (Å²) < 4.78 is 7.59. The maximum Gasteiger partial charge on any atom is 0.253 e. The summed E-state index contributed by atoms with van der Waals surface area (Å²) in [6.45, 7) is 2.96. The van der Waals surface area contributed by atoms with Gasteiger partial charge in [-0.25, -0.2) is 4.98 Å². The first-order valence-electron chi connectivity index (χ1n) is 12.8. The van der Waals surface area contributed by atoms with Crippen molar-refractivity contribution in [3.63, 3.8) is 0 Å². The van der Waals surface area contributed by atoms with Crippen molar-refractivity contribution < 1.29 is 14.6 Å². The van der Waals surface area contributed by atoms with Gasteiger partial charge in [0, 0.05) is 23.2 Å². The predicted molar refractivity (Wildman–Crippen MR) is 140 cm³/mol. The Labute approximate surface area is 211 Å². The summed E-state index contributed by atoms with van der Waals surface area (Å²) in [6, 6.07) is 9.80. The van der Waals surface area contributed by atoms with Crippen LogP contribution in [0.25, 0.3) is 22.0 Å². The maximum atomic E-state index is 13.3. The Hall–Kier alpha value is -2.64. The third-order valence-electron chi connectivity index (χ3n) is 7.68. The van der Waals surface area contributed by atoms with Gasteiger partial charge in [-0.15, -0.1) is 11.3 Å². The summed E-state index contributed by atoms with van der Waals surface area (Å²) >= 11 is 1.62. The lowest BCUT2D eigenvalue weighted by Crippen LogP contribution is -2.40. The molecular formula is C28H35N3O3S. The van der Waals surface area contributed by atoms with E-state index >= 15 is 0 Å². The minimum atomic E-state index is -0.450. The normalized spacial score (nSPS) is 20.8. The van der Waals surface area contributed by atoms with Crippen LogP contribution in [0.2, 0.25) is 0 Å². The molecule has 0 saturated heterocycles. The summed E-state index contributed by atoms with van der Waals surface area (Å²) in [5.74, 6) is 1.36. The van der Waals surface area contributed by atoms with Crippen LogP contribution in [-0.2, 0) is 6.54 Å². The van der Waals surface area contributed by atoms with E-state index in [9.17, 15) is 9.90 Å². The molecule has 1 aromatic carbocycles. The smallest absolute Gasteiger partial charge is 0.253 e. The molecule has 2 aliphatic rings. The van der Waals surface area contributed by atoms with E-state index in [1.165, 1.54) is 32.1 Å². The van der Waals surface area contributed by atoms with Crippen molar-refractivity contribution in [3.05, 3.63) is 47.0 Å². The van der Waals surface area contributed by atoms with Crippen LogP contribution in [0.3, 0.4) is 0 Å². The quantitative estimate of drug-likeness (QED) is 0.435. The molecule has 0 radical (unpaired) electrons. The molecule has 7 heteroatoms. The molecule has 2 fully saturated rings. The van der Waals surface area contributed by atoms with Crippen LogP contribution in [0, 0.1) is 12.8 Å². The first kappa shape index (κ1) is 24.1. The molecule has 0 bridgehead atoms. The van der Waals surface area contributed by atoms with Gasteiger partial charge in [-0.3, -0.25) is 4.79 Å². The minimum Gasteiger partial charge on any atom is -0.497 e. The Morgan fingerprint density at radius 1 is 1.14 bits per heavy atom. The number of rotatable bonds is 7. The van der Waals surface area contributed by atoms with E-state index in [4.69, 9.17) is 9.72 Å². The molecule has 2 aliphatic carbocycles. The van der Waals surface area contributed by atoms with Crippen molar-refractivity contribution in [2.75, 3.05) is 7.11 Å². The maximum absolute atomic E-state index is 13.3. The lowest BCUT2D eigenvalue weighted by molar-refractivity contribution is 0.0872. The molecule has 0 unspecified atom stereocenters. The highest BCUT2D eigenvalue weighted by Gasteiger charge is 2.29. The number of amides is 1. The Morgan fingerprint density at radius 2 is 1.91 bits per heavy atom. The summed E-state index contributed by atoms with van der Waals surface area (Å²) in [5.41, 5.74) is 4.63. The average Bonchev–Trinajstić information content (AvgIpc) is 3.60. The van der Waals surface area contributed by atoms with Crippen molar-refractivity contribution in [1.29, 1.82) is 0 Å². The number of hydrogen-bond acceptors (Lipinski definition) is 5. The van der Waals surface area contributed by atoms with Gasteiger partial charge in [-0.1, -0.05) is 19.3 Å². The molecule has 0 aliphatic heterocycles. The lowest BCUT2D eigenvalue weighted by Gasteiger charge is -2.24. The first-order chi connectivity index (χ1) is 17.0. The predicted octanol–water partition coefficient (Wildman–Crippen LogP) is 5.82. The number of aromatic nitrogens is 2. The van der Waals surface area contributed by atoms with Crippen LogP contribution in [-0.4, -0.2) is 39.8 Å². The van der Waals surface area contributed by atoms with Gasteiger partial charge in [0.25, 0.3) is 5.91 Å². The Bertz CT molecular complexity index is 1160. The number of carbonyl (C=O) groups excluding carboxylic acids is 1. The number of hydrogen-bond donors (Lipinski definition) is 2. The first-order valence-corrected chi connectivity index (χ1v) is 13.7. The van der Waals surface area contributed by atoms with E-state index in [1.807, 2.05) is 37.3 Å². The highest BCUT2D eigenvalue weighted by molar-refractivity contribution is 7.13. The number of benzene rings is 1. The number of nitrogens with one attached hydrogen (secondary N) is 1. The molecule has 3 aromatic rings. The van der Waals surface area contributed by atoms with Gasteiger partial charge in [0.15, 0.2) is 0 Å². The van der Waals surface area contributed by atoms with Gasteiger partial charge in [-0.2, -0.15) is 0 Å². The molecule has 2 N–H and O–H groups in total. The van der Waals surface area contributed by atoms with E-state index < -0.39 is 6.10 Å². The standard InChI is InChI=1S/C28H35N3O3S/c1-18-22(27(33)29-23-9-6-10-26(23)32)15-25(31(18)16-19-7-4-3-5-8-19)24-17-35-28(30-24)20-11-13-21(34-2)14-12-20/h11-15,17,19,23,26,32H,3-10,16H2,1-2H3,(H,29,33)/t23-,26-/m1/s1. The summed E-state index contributed by atoms with van der Waals surface area (Å²) in [6.07, 6.45) is 8.45. The van der Waals surface area contributed by atoms with E-state index in [1.54, 1.807) is 18.4 Å². The molecule has 6 nitrogen and oxygen atoms in total. The zero-order chi connectivity index (χ0) is 24.4. The summed E-state index contributed by atoms with van der Waals surface area (Å²) in [4.78, 5) is 18.3. The molecule has 2 saturated carbocycles. The number of ether oxygens (including phenoxy) is 1. The summed E-state index contributed by atoms with van der Waals surface area (Å²) in [5, 5.41) is 16.3. The van der Waals surface area contributed by atoms with Gasteiger partial charge in [0.1, 0.15) is 10.8 Å². The number of carbonyl (C=O) groups is 1. The third kappa shape index (κ3) is 5.16. The lowest BCUT2D eigenvalue weighted by atomic mass is 9.89. The zero-order valence-corrected chi connectivity index (χ0v) is 21.4. The minimum absolute atomic E-state index is 0.0947. The van der Waals surface area contributed by atoms with E-state index in [2.05, 4.69) is 15.3 Å². The van der Waals surface area contributed by atoms with Crippen molar-refractivity contribution in [2.45, 2.75) is 77.0 Å². The second-order valence-corrected chi connectivity index (χ2v) is 10.8. The fraction of sp³-hybridized carbons (Fsp3) is 0.500. The van der Waals surface area contributed by atoms with E-state index in [0.29, 0.717) is 11.5 Å². The van der Waals surface area contributed by atoms with Crippen LogP contribution in [0.1, 0.15) is 67.4 Å². The molecule has 2 atom stereocenters. The van der Waals surface area contributed by atoms with Crippen molar-refractivity contribution in [3.8, 4) is 27.7 Å². The highest BCUT2D eigenvalue weighted by atomic mass is 32.1. The second kappa shape index (κ2) is 10.5. The van der Waals surface area contributed by atoms with Gasteiger partial charge < -0.3 is 19.7 Å². The molecular weight excluding hydrogens is 458 g/mol. The largest absolute Gasteiger partial charge is 0.497 e. The zero-order valence-electron chi connectivity index (χ0n) is 20.6. The molecule has 2 heterocycles. The fourth-order valence-corrected chi connectivity index (χ4v) is 6.38. The Balaban J connectivity index is 1.46. The molecule has 35 heavy (non-hydrogen) atoms. The average molecular weight is 494 g/mol. The van der Waals surface area contributed by atoms with Crippen molar-refractivity contribution in [2.24, 2.45) is 5.92 Å². The van der Waals surface area contributed by atoms with Crippen LogP contribution >= 0.6 is 11.3 Å². The molecule has 5 rings (SSSR count). The van der Waals surface area contributed by atoms with Gasteiger partial charge in [0.05, 0.1) is 36.2 Å². The number of aliphatic hydroxyl groups excluding tert-OH is 1. The molecule has 186 valence electrons. The van der Waals surface area contributed by atoms with Crippen LogP contribution in [0.4, 0.5) is 0 Å². The fourth-order valence-electron chi connectivity index (χ4n) is 5.56. The number of nitrogens with zero attached hydrogens (tertiary/aromatic N) is 2. The van der Waals surface area contributed by atoms with Crippen molar-refractivity contribution in [1.82, 2.24) is 14.9 Å². The monoisotopic (exact) mass is 493 g/mol. The molecule has 1 amide bonds. The van der Waals surface area contributed by atoms with Crippen molar-refractivity contribution >= 4 is 17.2 Å². The van der Waals surface area contributed by atoms with Gasteiger partial charge in [-0.05, 0) is 75.3 Å². The number of thiazole rings is 1. The SMILES string of the molecule is COc1ccc(-c2nc(-c3cc(C(=O)N[C@@H]4CCC[C@H]4O)c(C)n3CC3CCCCC3)cs2)cc1. The highest BCUT2D eigenvalue weighted by Crippen LogP contribution is 2.34. The van der Waals surface area contributed by atoms with Gasteiger partial charge >= 0.3 is 0 Å². The summed E-state index contributed by atoms with van der Waals surface area (Å²) in [7, 11) is 1.67. The van der Waals surface area contributed by atoms with Crippen LogP contribution in [0.15, 0.2) is 35.7 Å².